The molecule has 2 aromatic carbocycles. The number of nitro benzene ring substituents is 1. The maximum absolute atomic E-state index is 11.2. The van der Waals surface area contributed by atoms with Crippen LogP contribution in [0.25, 0.3) is 0 Å². The maximum Gasteiger partial charge on any atom is 0.283 e. The third kappa shape index (κ3) is 4.46. The summed E-state index contributed by atoms with van der Waals surface area (Å²) in [6.07, 6.45) is 0.618. The van der Waals surface area contributed by atoms with Gasteiger partial charge in [0.2, 0.25) is 0 Å². The molecule has 0 heterocycles. The van der Waals surface area contributed by atoms with Crippen LogP contribution >= 0.6 is 23.4 Å². The Morgan fingerprint density at radius 2 is 1.95 bits per heavy atom. The van der Waals surface area contributed by atoms with Gasteiger partial charge in [0, 0.05) is 22.0 Å². The molecule has 4 nitrogen and oxygen atoms in total. The molecule has 0 spiro atoms. The molecule has 0 aliphatic heterocycles. The summed E-state index contributed by atoms with van der Waals surface area (Å²) >= 11 is 7.18. The minimum absolute atomic E-state index is 0.0284. The Labute approximate surface area is 132 Å². The van der Waals surface area contributed by atoms with Crippen molar-refractivity contribution >= 4 is 29.1 Å². The van der Waals surface area contributed by atoms with E-state index in [1.54, 1.807) is 24.3 Å². The zero-order valence-electron chi connectivity index (χ0n) is 11.5. The highest BCUT2D eigenvalue weighted by molar-refractivity contribution is 7.99. The monoisotopic (exact) mass is 322 g/mol. The van der Waals surface area contributed by atoms with Crippen LogP contribution < -0.4 is 5.73 Å². The Bertz CT molecular complexity index is 645. The summed E-state index contributed by atoms with van der Waals surface area (Å²) in [7, 11) is 0. The normalized spacial score (nSPS) is 12.1. The van der Waals surface area contributed by atoms with Gasteiger partial charge in [-0.25, -0.2) is 0 Å². The van der Waals surface area contributed by atoms with Gasteiger partial charge in [0.15, 0.2) is 0 Å². The van der Waals surface area contributed by atoms with Gasteiger partial charge in [0.25, 0.3) is 5.69 Å². The Hall–Kier alpha value is -1.56. The van der Waals surface area contributed by atoms with E-state index in [1.807, 2.05) is 25.1 Å². The Kier molecular flexibility index (Phi) is 5.22. The van der Waals surface area contributed by atoms with Crippen molar-refractivity contribution in [2.24, 2.45) is 5.73 Å². The Balaban J connectivity index is 2.30. The molecule has 0 amide bonds. The predicted molar refractivity (Wildman–Crippen MR) is 86.0 cm³/mol. The molecule has 0 aromatic heterocycles. The van der Waals surface area contributed by atoms with Crippen LogP contribution in [0.5, 0.6) is 0 Å². The van der Waals surface area contributed by atoms with Crippen molar-refractivity contribution in [3.63, 3.8) is 0 Å². The topological polar surface area (TPSA) is 69.2 Å². The van der Waals surface area contributed by atoms with Gasteiger partial charge in [-0.1, -0.05) is 29.4 Å². The summed E-state index contributed by atoms with van der Waals surface area (Å²) in [4.78, 5) is 12.4. The lowest BCUT2D eigenvalue weighted by Crippen LogP contribution is -2.17. The highest BCUT2D eigenvalue weighted by atomic mass is 35.5. The number of rotatable bonds is 5. The van der Waals surface area contributed by atoms with Gasteiger partial charge in [0.1, 0.15) is 0 Å². The first kappa shape index (κ1) is 15.8. The van der Waals surface area contributed by atoms with Crippen LogP contribution in [-0.2, 0) is 6.42 Å². The molecular formula is C15H15ClN2O2S. The molecule has 0 saturated heterocycles. The third-order valence-corrected chi connectivity index (χ3v) is 4.14. The molecule has 0 saturated carbocycles. The van der Waals surface area contributed by atoms with E-state index in [4.69, 9.17) is 17.3 Å². The number of nitro groups is 1. The van der Waals surface area contributed by atoms with Crippen LogP contribution in [0.4, 0.5) is 5.69 Å². The van der Waals surface area contributed by atoms with Crippen LogP contribution in [0.15, 0.2) is 52.3 Å². The number of hydrogen-bond acceptors (Lipinski definition) is 4. The van der Waals surface area contributed by atoms with E-state index in [9.17, 15) is 10.1 Å². The van der Waals surface area contributed by atoms with Crippen molar-refractivity contribution in [2.45, 2.75) is 29.2 Å². The third-order valence-electron chi connectivity index (χ3n) is 2.82. The molecule has 6 heteroatoms. The van der Waals surface area contributed by atoms with Gasteiger partial charge >= 0.3 is 0 Å². The molecule has 0 aliphatic carbocycles. The SMILES string of the molecule is CC(N)Cc1ccc(Sc2ccc(Cl)cc2)c([N+](=O)[O-])c1. The van der Waals surface area contributed by atoms with Gasteiger partial charge in [0.05, 0.1) is 9.82 Å². The van der Waals surface area contributed by atoms with E-state index in [0.29, 0.717) is 16.3 Å². The summed E-state index contributed by atoms with van der Waals surface area (Å²) in [6.45, 7) is 1.88. The summed E-state index contributed by atoms with van der Waals surface area (Å²) in [5, 5.41) is 11.9. The molecule has 1 unspecified atom stereocenters. The zero-order valence-corrected chi connectivity index (χ0v) is 13.0. The van der Waals surface area contributed by atoms with E-state index in [2.05, 4.69) is 0 Å². The van der Waals surface area contributed by atoms with Gasteiger partial charge in [-0.15, -0.1) is 0 Å². The van der Waals surface area contributed by atoms with Crippen molar-refractivity contribution < 1.29 is 4.92 Å². The first-order valence-corrected chi connectivity index (χ1v) is 7.61. The average molecular weight is 323 g/mol. The second kappa shape index (κ2) is 6.93. The number of nitrogens with two attached hydrogens (primary N) is 1. The molecular weight excluding hydrogens is 308 g/mol. The molecule has 2 rings (SSSR count). The molecule has 1 atom stereocenters. The second-order valence-electron chi connectivity index (χ2n) is 4.80. The van der Waals surface area contributed by atoms with Crippen molar-refractivity contribution in [3.05, 3.63) is 63.2 Å². The largest absolute Gasteiger partial charge is 0.328 e. The van der Waals surface area contributed by atoms with E-state index in [1.165, 1.54) is 11.8 Å². The molecule has 0 bridgehead atoms. The molecule has 0 aliphatic rings. The zero-order chi connectivity index (χ0) is 15.4. The first-order valence-electron chi connectivity index (χ1n) is 6.42. The van der Waals surface area contributed by atoms with Crippen molar-refractivity contribution in [3.8, 4) is 0 Å². The van der Waals surface area contributed by atoms with Crippen LogP contribution in [-0.4, -0.2) is 11.0 Å². The fraction of sp³-hybridized carbons (Fsp3) is 0.200. The molecule has 2 N–H and O–H groups in total. The number of benzene rings is 2. The summed E-state index contributed by atoms with van der Waals surface area (Å²) in [5.41, 5.74) is 6.72. The van der Waals surface area contributed by atoms with Crippen LogP contribution in [0.2, 0.25) is 5.02 Å². The second-order valence-corrected chi connectivity index (χ2v) is 6.35. The Morgan fingerprint density at radius 3 is 2.52 bits per heavy atom. The van der Waals surface area contributed by atoms with Gasteiger partial charge in [-0.2, -0.15) is 0 Å². The molecule has 0 fully saturated rings. The van der Waals surface area contributed by atoms with Crippen LogP contribution in [0, 0.1) is 10.1 Å². The standard InChI is InChI=1S/C15H15ClN2O2S/c1-10(17)8-11-2-7-15(14(9-11)18(19)20)21-13-5-3-12(16)4-6-13/h2-7,9-10H,8,17H2,1H3. The van der Waals surface area contributed by atoms with E-state index < -0.39 is 0 Å². The minimum Gasteiger partial charge on any atom is -0.328 e. The van der Waals surface area contributed by atoms with Crippen LogP contribution in [0.1, 0.15) is 12.5 Å². The lowest BCUT2D eigenvalue weighted by Gasteiger charge is -2.08. The highest BCUT2D eigenvalue weighted by Gasteiger charge is 2.16. The number of nitrogens with zero attached hydrogens (tertiary/aromatic N) is 1. The van der Waals surface area contributed by atoms with E-state index in [0.717, 1.165) is 10.5 Å². The molecule has 110 valence electrons. The lowest BCUT2D eigenvalue weighted by molar-refractivity contribution is -0.387. The van der Waals surface area contributed by atoms with Gasteiger partial charge in [-0.05, 0) is 49.2 Å². The summed E-state index contributed by atoms with van der Waals surface area (Å²) in [5.74, 6) is 0. The molecule has 0 radical (unpaired) electrons. The fourth-order valence-corrected chi connectivity index (χ4v) is 2.95. The quantitative estimate of drug-likeness (QED) is 0.658. The minimum atomic E-state index is -0.358. The van der Waals surface area contributed by atoms with Gasteiger partial charge < -0.3 is 5.73 Å². The maximum atomic E-state index is 11.2. The Morgan fingerprint density at radius 1 is 1.29 bits per heavy atom. The van der Waals surface area contributed by atoms with E-state index >= 15 is 0 Å². The first-order chi connectivity index (χ1) is 9.95. The summed E-state index contributed by atoms with van der Waals surface area (Å²) < 4.78 is 0. The fourth-order valence-electron chi connectivity index (χ4n) is 1.92. The smallest absolute Gasteiger partial charge is 0.283 e. The van der Waals surface area contributed by atoms with Crippen molar-refractivity contribution in [1.29, 1.82) is 0 Å². The molecule has 2 aromatic rings. The van der Waals surface area contributed by atoms with Crippen molar-refractivity contribution in [2.75, 3.05) is 0 Å². The number of halogens is 1. The predicted octanol–water partition coefficient (Wildman–Crippen LogP) is 4.29. The molecule has 21 heavy (non-hydrogen) atoms. The number of hydrogen-bond donors (Lipinski definition) is 1. The van der Waals surface area contributed by atoms with Gasteiger partial charge in [-0.3, -0.25) is 10.1 Å². The van der Waals surface area contributed by atoms with E-state index in [-0.39, 0.29) is 16.7 Å². The van der Waals surface area contributed by atoms with Crippen molar-refractivity contribution in [1.82, 2.24) is 0 Å². The van der Waals surface area contributed by atoms with Crippen LogP contribution in [0.3, 0.4) is 0 Å². The lowest BCUT2D eigenvalue weighted by atomic mass is 10.1. The summed E-state index contributed by atoms with van der Waals surface area (Å²) in [6, 6.07) is 12.4. The average Bonchev–Trinajstić information content (AvgIpc) is 2.42. The highest BCUT2D eigenvalue weighted by Crippen LogP contribution is 2.35.